The summed E-state index contributed by atoms with van der Waals surface area (Å²) in [5, 5.41) is 19.6. The number of non-ortho nitro benzene ring substituents is 1. The number of nitrogens with zero attached hydrogens (tertiary/aromatic N) is 4. The van der Waals surface area contributed by atoms with Gasteiger partial charge in [-0.25, -0.2) is 4.68 Å². The fraction of sp³-hybridized carbons (Fsp3) is 0.346. The molecule has 0 radical (unpaired) electrons. The highest BCUT2D eigenvalue weighted by atomic mass is 32.2. The minimum Gasteiger partial charge on any atom is -0.493 e. The molecule has 0 fully saturated rings. The number of nitro benzene ring substituents is 1. The number of fused-ring (bicyclic) bond motifs is 1. The Bertz CT molecular complexity index is 1410. The Kier molecular flexibility index (Phi) is 6.40. The zero-order valence-electron chi connectivity index (χ0n) is 21.0. The zero-order chi connectivity index (χ0) is 26.3. The van der Waals surface area contributed by atoms with Crippen LogP contribution in [0.25, 0.3) is 0 Å². The van der Waals surface area contributed by atoms with E-state index in [1.807, 2.05) is 18.2 Å². The summed E-state index contributed by atoms with van der Waals surface area (Å²) in [6.07, 6.45) is 1.14. The Hall–Kier alpha value is -3.86. The number of para-hydroxylation sites is 1. The standard InChI is InChI=1S/C26H27N5O5S/c1-26(2)12-18-21(19(32)13-26)22(17-6-5-7-20(35-3)23(17)36-4)30-24(27-18)28-25(29-30)37-14-15-8-10-16(11-9-15)31(33)34/h5-11,22H,12-14H2,1-4H3,(H,27,28,29). The van der Waals surface area contributed by atoms with Gasteiger partial charge in [-0.2, -0.15) is 4.98 Å². The minimum atomic E-state index is -0.527. The van der Waals surface area contributed by atoms with Crippen LogP contribution in [-0.4, -0.2) is 39.7 Å². The normalized spacial score (nSPS) is 18.1. The highest BCUT2D eigenvalue weighted by molar-refractivity contribution is 7.98. The first-order valence-electron chi connectivity index (χ1n) is 11.8. The number of anilines is 1. The number of ether oxygens (including phenoxy) is 2. The van der Waals surface area contributed by atoms with E-state index in [4.69, 9.17) is 19.6 Å². The van der Waals surface area contributed by atoms with E-state index in [0.29, 0.717) is 46.8 Å². The molecule has 0 bridgehead atoms. The van der Waals surface area contributed by atoms with Crippen LogP contribution in [0.5, 0.6) is 11.5 Å². The number of Topliss-reactive ketones (excluding diaryl/α,β-unsaturated/α-hetero) is 1. The van der Waals surface area contributed by atoms with E-state index in [0.717, 1.165) is 16.8 Å². The fourth-order valence-corrected chi connectivity index (χ4v) is 5.71. The molecule has 0 amide bonds. The lowest BCUT2D eigenvalue weighted by Gasteiger charge is -2.38. The number of aromatic nitrogens is 3. The summed E-state index contributed by atoms with van der Waals surface area (Å²) in [6.45, 7) is 4.17. The summed E-state index contributed by atoms with van der Waals surface area (Å²) in [5.41, 5.74) is 3.06. The second-order valence-electron chi connectivity index (χ2n) is 9.82. The summed E-state index contributed by atoms with van der Waals surface area (Å²) in [6, 6.07) is 11.5. The van der Waals surface area contributed by atoms with Crippen molar-refractivity contribution in [2.45, 2.75) is 43.6 Å². The number of ketones is 1. The zero-order valence-corrected chi connectivity index (χ0v) is 21.8. The van der Waals surface area contributed by atoms with Crippen LogP contribution in [0.2, 0.25) is 0 Å². The minimum absolute atomic E-state index is 0.0489. The maximum absolute atomic E-state index is 13.5. The number of rotatable bonds is 7. The molecule has 0 spiro atoms. The van der Waals surface area contributed by atoms with Crippen molar-refractivity contribution in [1.82, 2.24) is 14.8 Å². The number of thioether (sulfide) groups is 1. The van der Waals surface area contributed by atoms with Gasteiger partial charge in [0.15, 0.2) is 17.3 Å². The molecule has 1 atom stereocenters. The molecule has 2 heterocycles. The van der Waals surface area contributed by atoms with Crippen molar-refractivity contribution in [3.63, 3.8) is 0 Å². The maximum Gasteiger partial charge on any atom is 0.269 e. The lowest BCUT2D eigenvalue weighted by molar-refractivity contribution is -0.384. The largest absolute Gasteiger partial charge is 0.493 e. The topological polar surface area (TPSA) is 121 Å². The summed E-state index contributed by atoms with van der Waals surface area (Å²) in [5.74, 6) is 2.26. The molecule has 2 aromatic carbocycles. The van der Waals surface area contributed by atoms with Crippen molar-refractivity contribution in [1.29, 1.82) is 0 Å². The van der Waals surface area contributed by atoms with Crippen LogP contribution < -0.4 is 14.8 Å². The molecular formula is C26H27N5O5S. The molecule has 10 nitrogen and oxygen atoms in total. The molecule has 192 valence electrons. The lowest BCUT2D eigenvalue weighted by Crippen LogP contribution is -2.36. The first kappa shape index (κ1) is 24.8. The number of methoxy groups -OCH3 is 2. The van der Waals surface area contributed by atoms with Gasteiger partial charge in [0.1, 0.15) is 6.04 Å². The molecule has 1 aliphatic heterocycles. The van der Waals surface area contributed by atoms with Crippen LogP contribution >= 0.6 is 11.8 Å². The van der Waals surface area contributed by atoms with Crippen molar-refractivity contribution >= 4 is 29.2 Å². The Labute approximate surface area is 218 Å². The van der Waals surface area contributed by atoms with Gasteiger partial charge in [-0.1, -0.05) is 49.9 Å². The quantitative estimate of drug-likeness (QED) is 0.255. The molecule has 0 saturated heterocycles. The molecule has 37 heavy (non-hydrogen) atoms. The van der Waals surface area contributed by atoms with Crippen molar-refractivity contribution in [2.75, 3.05) is 19.5 Å². The van der Waals surface area contributed by atoms with Crippen LogP contribution in [0.4, 0.5) is 11.6 Å². The van der Waals surface area contributed by atoms with Gasteiger partial charge < -0.3 is 14.8 Å². The van der Waals surface area contributed by atoms with Crippen molar-refractivity contribution in [2.24, 2.45) is 5.41 Å². The van der Waals surface area contributed by atoms with Crippen molar-refractivity contribution < 1.29 is 19.2 Å². The second kappa shape index (κ2) is 9.55. The smallest absolute Gasteiger partial charge is 0.269 e. The average molecular weight is 522 g/mol. The number of carbonyl (C=O) groups is 1. The van der Waals surface area contributed by atoms with Gasteiger partial charge in [0.05, 0.1) is 19.1 Å². The number of carbonyl (C=O) groups excluding carboxylic acids is 1. The number of benzene rings is 2. The number of nitro groups is 1. The van der Waals surface area contributed by atoms with Gasteiger partial charge in [-0.3, -0.25) is 14.9 Å². The number of hydrogen-bond donors (Lipinski definition) is 1. The van der Waals surface area contributed by atoms with Crippen LogP contribution in [0.1, 0.15) is 43.9 Å². The van der Waals surface area contributed by atoms with Crippen LogP contribution in [-0.2, 0) is 10.5 Å². The van der Waals surface area contributed by atoms with E-state index in [9.17, 15) is 14.9 Å². The summed E-state index contributed by atoms with van der Waals surface area (Å²) >= 11 is 1.42. The molecule has 1 unspecified atom stereocenters. The first-order valence-corrected chi connectivity index (χ1v) is 12.8. The van der Waals surface area contributed by atoms with Gasteiger partial charge in [0.25, 0.3) is 5.69 Å². The molecule has 1 aliphatic carbocycles. The van der Waals surface area contributed by atoms with Gasteiger partial charge in [0.2, 0.25) is 11.1 Å². The summed E-state index contributed by atoms with van der Waals surface area (Å²) in [4.78, 5) is 28.7. The van der Waals surface area contributed by atoms with Crippen LogP contribution in [0, 0.1) is 15.5 Å². The Morgan fingerprint density at radius 3 is 2.59 bits per heavy atom. The highest BCUT2D eigenvalue weighted by Crippen LogP contribution is 2.48. The SMILES string of the molecule is COc1cccc(C2C3=C(CC(C)(C)CC3=O)Nc3nc(SCc4ccc([N+](=O)[O-])cc4)nn32)c1OC. The Balaban J connectivity index is 1.54. The van der Waals surface area contributed by atoms with Crippen LogP contribution in [0.15, 0.2) is 58.9 Å². The Morgan fingerprint density at radius 2 is 1.92 bits per heavy atom. The number of nitrogens with one attached hydrogen (secondary N) is 1. The molecule has 1 aromatic heterocycles. The van der Waals surface area contributed by atoms with Crippen molar-refractivity contribution in [3.8, 4) is 11.5 Å². The number of hydrogen-bond acceptors (Lipinski definition) is 9. The molecule has 5 rings (SSSR count). The van der Waals surface area contributed by atoms with E-state index in [-0.39, 0.29) is 16.9 Å². The monoisotopic (exact) mass is 521 g/mol. The van der Waals surface area contributed by atoms with E-state index >= 15 is 0 Å². The molecule has 1 N–H and O–H groups in total. The predicted octanol–water partition coefficient (Wildman–Crippen LogP) is 5.15. The molecule has 0 saturated carbocycles. The average Bonchev–Trinajstić information content (AvgIpc) is 3.27. The predicted molar refractivity (Wildman–Crippen MR) is 139 cm³/mol. The van der Waals surface area contributed by atoms with Crippen molar-refractivity contribution in [3.05, 3.63) is 75.0 Å². The first-order chi connectivity index (χ1) is 17.7. The second-order valence-corrected chi connectivity index (χ2v) is 10.8. The van der Waals surface area contributed by atoms with Gasteiger partial charge >= 0.3 is 0 Å². The maximum atomic E-state index is 13.5. The lowest BCUT2D eigenvalue weighted by atomic mass is 9.73. The molecular weight excluding hydrogens is 494 g/mol. The molecule has 3 aromatic rings. The van der Waals surface area contributed by atoms with E-state index in [1.165, 1.54) is 23.9 Å². The fourth-order valence-electron chi connectivity index (χ4n) is 4.93. The van der Waals surface area contributed by atoms with Gasteiger partial charge in [-0.05, 0) is 23.5 Å². The highest BCUT2D eigenvalue weighted by Gasteiger charge is 2.43. The van der Waals surface area contributed by atoms with Crippen LogP contribution in [0.3, 0.4) is 0 Å². The number of allylic oxidation sites excluding steroid dienone is 2. The molecule has 2 aliphatic rings. The van der Waals surface area contributed by atoms with Gasteiger partial charge in [0, 0.05) is 41.1 Å². The Morgan fingerprint density at radius 1 is 1.16 bits per heavy atom. The van der Waals surface area contributed by atoms with E-state index in [1.54, 1.807) is 31.0 Å². The van der Waals surface area contributed by atoms with E-state index < -0.39 is 11.0 Å². The summed E-state index contributed by atoms with van der Waals surface area (Å²) in [7, 11) is 3.16. The summed E-state index contributed by atoms with van der Waals surface area (Å²) < 4.78 is 13.0. The third-order valence-electron chi connectivity index (χ3n) is 6.56. The van der Waals surface area contributed by atoms with E-state index in [2.05, 4.69) is 19.2 Å². The third-order valence-corrected chi connectivity index (χ3v) is 7.46. The van der Waals surface area contributed by atoms with Gasteiger partial charge in [-0.15, -0.1) is 5.10 Å². The third kappa shape index (κ3) is 4.66. The molecule has 11 heteroatoms.